The second kappa shape index (κ2) is 8.84. The highest BCUT2D eigenvalue weighted by Gasteiger charge is 2.41. The highest BCUT2D eigenvalue weighted by atomic mass is 16.2. The van der Waals surface area contributed by atoms with E-state index in [0.29, 0.717) is 13.1 Å². The third-order valence-corrected chi connectivity index (χ3v) is 6.07. The van der Waals surface area contributed by atoms with Gasteiger partial charge in [-0.1, -0.05) is 26.2 Å². The molecule has 0 bridgehead atoms. The number of carbonyl (C=O) groups excluding carboxylic acids is 2. The maximum absolute atomic E-state index is 13.2. The summed E-state index contributed by atoms with van der Waals surface area (Å²) in [4.78, 5) is 55.9. The van der Waals surface area contributed by atoms with Gasteiger partial charge in [0.05, 0.1) is 5.92 Å². The van der Waals surface area contributed by atoms with Gasteiger partial charge < -0.3 is 15.5 Å². The van der Waals surface area contributed by atoms with Gasteiger partial charge in [-0.3, -0.25) is 23.9 Å². The molecule has 1 aliphatic heterocycles. The number of nitrogens with two attached hydrogens (primary N) is 1. The lowest BCUT2D eigenvalue weighted by molar-refractivity contribution is -0.130. The van der Waals surface area contributed by atoms with Crippen LogP contribution < -0.4 is 21.9 Å². The molecule has 9 nitrogen and oxygen atoms in total. The van der Waals surface area contributed by atoms with Crippen LogP contribution in [0, 0.1) is 5.92 Å². The van der Waals surface area contributed by atoms with Crippen molar-refractivity contribution >= 4 is 23.3 Å². The first-order chi connectivity index (χ1) is 13.9. The Morgan fingerprint density at radius 3 is 2.52 bits per heavy atom. The molecule has 3 rings (SSSR count). The number of nitrogens with zero attached hydrogens (tertiary/aromatic N) is 3. The predicted molar refractivity (Wildman–Crippen MR) is 111 cm³/mol. The number of aromatic nitrogens is 2. The first kappa shape index (κ1) is 21.1. The van der Waals surface area contributed by atoms with E-state index >= 15 is 0 Å². The minimum atomic E-state index is -0.674. The van der Waals surface area contributed by atoms with E-state index in [1.54, 1.807) is 6.92 Å². The number of H-pyrrole nitrogens is 1. The van der Waals surface area contributed by atoms with Crippen LogP contribution in [0.15, 0.2) is 9.59 Å². The molecule has 1 aromatic heterocycles. The Kier molecular flexibility index (Phi) is 6.44. The van der Waals surface area contributed by atoms with Gasteiger partial charge in [-0.05, 0) is 26.2 Å². The standard InChI is InChI=1S/C20H31N5O4/c1-3-5-10-24-17(21)16(18(27)22-20(24)29)23(4-2)19(28)13-11-15(26)25(12-13)14-8-6-7-9-14/h13-14H,3-12,21H2,1-2H3,(H,22,27,29). The van der Waals surface area contributed by atoms with Crippen LogP contribution in [0.1, 0.15) is 58.8 Å². The van der Waals surface area contributed by atoms with E-state index in [1.807, 2.05) is 11.8 Å². The SMILES string of the molecule is CCCCn1c(N)c(N(CC)C(=O)C2CC(=O)N(C3CCCC3)C2)c(=O)[nH]c1=O. The van der Waals surface area contributed by atoms with Crippen LogP contribution in [0.25, 0.3) is 0 Å². The Bertz CT molecular complexity index is 884. The Morgan fingerprint density at radius 1 is 1.21 bits per heavy atom. The number of unbranched alkanes of at least 4 members (excludes halogenated alkanes) is 1. The number of likely N-dealkylation sites (tertiary alicyclic amines) is 1. The van der Waals surface area contributed by atoms with Gasteiger partial charge in [0, 0.05) is 32.1 Å². The lowest BCUT2D eigenvalue weighted by Gasteiger charge is -2.27. The van der Waals surface area contributed by atoms with E-state index in [1.165, 1.54) is 9.47 Å². The number of carbonyl (C=O) groups is 2. The molecule has 1 atom stereocenters. The maximum atomic E-state index is 13.2. The van der Waals surface area contributed by atoms with E-state index in [4.69, 9.17) is 5.73 Å². The minimum absolute atomic E-state index is 0.0000292. The monoisotopic (exact) mass is 405 g/mol. The number of rotatable bonds is 7. The highest BCUT2D eigenvalue weighted by Crippen LogP contribution is 2.31. The Labute approximate surface area is 169 Å². The second-order valence-electron chi connectivity index (χ2n) is 7.97. The van der Waals surface area contributed by atoms with Gasteiger partial charge in [-0.25, -0.2) is 4.79 Å². The van der Waals surface area contributed by atoms with Gasteiger partial charge in [0.2, 0.25) is 11.8 Å². The summed E-state index contributed by atoms with van der Waals surface area (Å²) in [7, 11) is 0. The summed E-state index contributed by atoms with van der Waals surface area (Å²) < 4.78 is 1.31. The molecule has 29 heavy (non-hydrogen) atoms. The number of nitrogen functional groups attached to an aromatic ring is 1. The quantitative estimate of drug-likeness (QED) is 0.703. The fourth-order valence-corrected chi connectivity index (χ4v) is 4.49. The molecule has 2 fully saturated rings. The predicted octanol–water partition coefficient (Wildman–Crippen LogP) is 1.06. The average Bonchev–Trinajstić information content (AvgIpc) is 3.33. The molecule has 0 spiro atoms. The van der Waals surface area contributed by atoms with E-state index in [9.17, 15) is 19.2 Å². The van der Waals surface area contributed by atoms with Crippen molar-refractivity contribution in [2.45, 2.75) is 71.4 Å². The molecular formula is C20H31N5O4. The number of aromatic amines is 1. The number of hydrogen-bond acceptors (Lipinski definition) is 5. The second-order valence-corrected chi connectivity index (χ2v) is 7.97. The van der Waals surface area contributed by atoms with Crippen LogP contribution in [0.2, 0.25) is 0 Å². The molecular weight excluding hydrogens is 374 g/mol. The van der Waals surface area contributed by atoms with E-state index in [0.717, 1.165) is 38.5 Å². The van der Waals surface area contributed by atoms with Crippen molar-refractivity contribution in [3.8, 4) is 0 Å². The van der Waals surface area contributed by atoms with E-state index in [-0.39, 0.29) is 42.3 Å². The number of anilines is 2. The normalized spacial score (nSPS) is 19.9. The molecule has 1 aromatic rings. The molecule has 2 aliphatic rings. The van der Waals surface area contributed by atoms with Gasteiger partial charge in [0.25, 0.3) is 5.56 Å². The van der Waals surface area contributed by atoms with Gasteiger partial charge in [-0.15, -0.1) is 0 Å². The summed E-state index contributed by atoms with van der Waals surface area (Å²) in [6.45, 7) is 4.72. The van der Waals surface area contributed by atoms with Crippen LogP contribution in [-0.2, 0) is 16.1 Å². The van der Waals surface area contributed by atoms with Crippen molar-refractivity contribution < 1.29 is 9.59 Å². The van der Waals surface area contributed by atoms with Crippen molar-refractivity contribution in [2.75, 3.05) is 23.7 Å². The van der Waals surface area contributed by atoms with E-state index in [2.05, 4.69) is 4.98 Å². The van der Waals surface area contributed by atoms with Gasteiger partial charge in [0.15, 0.2) is 5.69 Å². The zero-order chi connectivity index (χ0) is 21.1. The number of hydrogen-bond donors (Lipinski definition) is 2. The molecule has 1 aliphatic carbocycles. The summed E-state index contributed by atoms with van der Waals surface area (Å²) in [6.07, 6.45) is 5.93. The topological polar surface area (TPSA) is 121 Å². The molecule has 2 heterocycles. The third kappa shape index (κ3) is 4.09. The van der Waals surface area contributed by atoms with Crippen molar-refractivity contribution in [3.05, 3.63) is 20.8 Å². The summed E-state index contributed by atoms with van der Waals surface area (Å²) in [5, 5.41) is 0. The smallest absolute Gasteiger partial charge is 0.330 e. The number of nitrogens with one attached hydrogen (secondary N) is 1. The summed E-state index contributed by atoms with van der Waals surface area (Å²) in [6, 6.07) is 0.222. The van der Waals surface area contributed by atoms with Gasteiger partial charge >= 0.3 is 5.69 Å². The van der Waals surface area contributed by atoms with Crippen LogP contribution in [0.5, 0.6) is 0 Å². The van der Waals surface area contributed by atoms with E-state index < -0.39 is 17.2 Å². The van der Waals surface area contributed by atoms with Crippen molar-refractivity contribution in [1.29, 1.82) is 0 Å². The molecule has 160 valence electrons. The van der Waals surface area contributed by atoms with Gasteiger partial charge in [-0.2, -0.15) is 0 Å². The molecule has 2 amide bonds. The Balaban J connectivity index is 1.87. The lowest BCUT2D eigenvalue weighted by Crippen LogP contribution is -2.44. The molecule has 0 radical (unpaired) electrons. The fourth-order valence-electron chi connectivity index (χ4n) is 4.49. The van der Waals surface area contributed by atoms with Crippen molar-refractivity contribution in [2.24, 2.45) is 5.92 Å². The minimum Gasteiger partial charge on any atom is -0.383 e. The molecule has 1 unspecified atom stereocenters. The fraction of sp³-hybridized carbons (Fsp3) is 0.700. The largest absolute Gasteiger partial charge is 0.383 e. The summed E-state index contributed by atoms with van der Waals surface area (Å²) >= 11 is 0. The van der Waals surface area contributed by atoms with Gasteiger partial charge in [0.1, 0.15) is 5.82 Å². The first-order valence-electron chi connectivity index (χ1n) is 10.6. The maximum Gasteiger partial charge on any atom is 0.330 e. The number of amides is 2. The summed E-state index contributed by atoms with van der Waals surface area (Å²) in [5.41, 5.74) is 4.92. The Hall–Kier alpha value is -2.58. The zero-order valence-corrected chi connectivity index (χ0v) is 17.3. The van der Waals surface area contributed by atoms with Crippen LogP contribution in [-0.4, -0.2) is 45.4 Å². The molecule has 0 aromatic carbocycles. The molecule has 9 heteroatoms. The molecule has 1 saturated carbocycles. The average molecular weight is 405 g/mol. The van der Waals surface area contributed by atoms with Crippen molar-refractivity contribution in [3.63, 3.8) is 0 Å². The Morgan fingerprint density at radius 2 is 1.90 bits per heavy atom. The van der Waals surface area contributed by atoms with Crippen LogP contribution >= 0.6 is 0 Å². The molecule has 1 saturated heterocycles. The van der Waals surface area contributed by atoms with Crippen molar-refractivity contribution in [1.82, 2.24) is 14.5 Å². The van der Waals surface area contributed by atoms with Crippen LogP contribution in [0.4, 0.5) is 11.5 Å². The van der Waals surface area contributed by atoms with Crippen LogP contribution in [0.3, 0.4) is 0 Å². The first-order valence-corrected chi connectivity index (χ1v) is 10.6. The lowest BCUT2D eigenvalue weighted by atomic mass is 10.1. The third-order valence-electron chi connectivity index (χ3n) is 6.07. The zero-order valence-electron chi connectivity index (χ0n) is 17.3. The highest BCUT2D eigenvalue weighted by molar-refractivity contribution is 6.00. The molecule has 3 N–H and O–H groups in total. The summed E-state index contributed by atoms with van der Waals surface area (Å²) in [5.74, 6) is -0.794.